The van der Waals surface area contributed by atoms with Crippen LogP contribution in [0, 0.1) is 6.92 Å². The molecule has 2 heterocycles. The summed E-state index contributed by atoms with van der Waals surface area (Å²) in [7, 11) is 2.10. The van der Waals surface area contributed by atoms with Gasteiger partial charge in [0, 0.05) is 25.5 Å². The van der Waals surface area contributed by atoms with Crippen LogP contribution in [-0.2, 0) is 0 Å². The first-order chi connectivity index (χ1) is 7.75. The SMILES string of the molecule is CC.Cc1nccnc1OC1CCN(C)C1. The number of hydrogen-bond acceptors (Lipinski definition) is 4. The van der Waals surface area contributed by atoms with Crippen LogP contribution in [-0.4, -0.2) is 41.1 Å². The minimum atomic E-state index is 0.274. The second-order valence-corrected chi connectivity index (χ2v) is 3.74. The molecule has 1 aromatic heterocycles. The molecule has 1 unspecified atom stereocenters. The Balaban J connectivity index is 0.000000606. The Bertz CT molecular complexity index is 317. The van der Waals surface area contributed by atoms with Crippen molar-refractivity contribution in [2.75, 3.05) is 20.1 Å². The van der Waals surface area contributed by atoms with Gasteiger partial charge in [0.25, 0.3) is 0 Å². The van der Waals surface area contributed by atoms with E-state index in [2.05, 4.69) is 21.9 Å². The average molecular weight is 223 g/mol. The van der Waals surface area contributed by atoms with E-state index < -0.39 is 0 Å². The van der Waals surface area contributed by atoms with Crippen LogP contribution in [0.15, 0.2) is 12.4 Å². The number of aryl methyl sites for hydroxylation is 1. The fraction of sp³-hybridized carbons (Fsp3) is 0.667. The molecule has 0 spiro atoms. The molecule has 4 heteroatoms. The van der Waals surface area contributed by atoms with Crippen LogP contribution >= 0.6 is 0 Å². The maximum Gasteiger partial charge on any atom is 0.235 e. The molecule has 0 aromatic carbocycles. The minimum Gasteiger partial charge on any atom is -0.472 e. The van der Waals surface area contributed by atoms with Crippen molar-refractivity contribution in [3.8, 4) is 5.88 Å². The summed E-state index contributed by atoms with van der Waals surface area (Å²) in [6.45, 7) is 8.00. The lowest BCUT2D eigenvalue weighted by Gasteiger charge is -2.13. The smallest absolute Gasteiger partial charge is 0.235 e. The van der Waals surface area contributed by atoms with Gasteiger partial charge in [-0.1, -0.05) is 13.8 Å². The molecule has 2 rings (SSSR count). The Hall–Kier alpha value is -1.16. The third-order valence-corrected chi connectivity index (χ3v) is 2.46. The molecule has 16 heavy (non-hydrogen) atoms. The van der Waals surface area contributed by atoms with Crippen LogP contribution < -0.4 is 4.74 Å². The van der Waals surface area contributed by atoms with E-state index in [4.69, 9.17) is 4.74 Å². The molecular formula is C12H21N3O. The van der Waals surface area contributed by atoms with E-state index in [0.717, 1.165) is 25.2 Å². The zero-order valence-electron chi connectivity index (χ0n) is 10.6. The minimum absolute atomic E-state index is 0.274. The van der Waals surface area contributed by atoms with Gasteiger partial charge in [-0.15, -0.1) is 0 Å². The van der Waals surface area contributed by atoms with Gasteiger partial charge in [0.2, 0.25) is 5.88 Å². The van der Waals surface area contributed by atoms with E-state index in [0.29, 0.717) is 5.88 Å². The zero-order valence-corrected chi connectivity index (χ0v) is 10.6. The zero-order chi connectivity index (χ0) is 12.0. The Morgan fingerprint density at radius 1 is 1.31 bits per heavy atom. The summed E-state index contributed by atoms with van der Waals surface area (Å²) in [5.41, 5.74) is 0.863. The van der Waals surface area contributed by atoms with Gasteiger partial charge in [-0.05, 0) is 20.4 Å². The van der Waals surface area contributed by atoms with Crippen molar-refractivity contribution >= 4 is 0 Å². The summed E-state index contributed by atoms with van der Waals surface area (Å²) in [6, 6.07) is 0. The fourth-order valence-electron chi connectivity index (χ4n) is 1.66. The van der Waals surface area contributed by atoms with Crippen LogP contribution in [0.3, 0.4) is 0 Å². The summed E-state index contributed by atoms with van der Waals surface area (Å²) in [5, 5.41) is 0. The highest BCUT2D eigenvalue weighted by Gasteiger charge is 2.21. The van der Waals surface area contributed by atoms with Crippen molar-refractivity contribution in [3.63, 3.8) is 0 Å². The average Bonchev–Trinajstić information content (AvgIpc) is 2.70. The third kappa shape index (κ3) is 3.45. The summed E-state index contributed by atoms with van der Waals surface area (Å²) in [5.74, 6) is 0.674. The van der Waals surface area contributed by atoms with Gasteiger partial charge < -0.3 is 9.64 Å². The molecule has 1 aromatic rings. The Labute approximate surface area is 97.7 Å². The van der Waals surface area contributed by atoms with E-state index in [1.54, 1.807) is 12.4 Å². The molecule has 0 N–H and O–H groups in total. The van der Waals surface area contributed by atoms with Crippen molar-refractivity contribution in [2.45, 2.75) is 33.3 Å². The molecule has 0 bridgehead atoms. The number of aromatic nitrogens is 2. The molecule has 0 amide bonds. The second kappa shape index (κ2) is 6.43. The lowest BCUT2D eigenvalue weighted by molar-refractivity contribution is 0.197. The highest BCUT2D eigenvalue weighted by atomic mass is 16.5. The maximum absolute atomic E-state index is 5.76. The summed E-state index contributed by atoms with van der Waals surface area (Å²) in [6.07, 6.45) is 4.70. The van der Waals surface area contributed by atoms with Crippen molar-refractivity contribution in [1.82, 2.24) is 14.9 Å². The summed E-state index contributed by atoms with van der Waals surface area (Å²) < 4.78 is 5.76. The van der Waals surface area contributed by atoms with Crippen LogP contribution in [0.5, 0.6) is 5.88 Å². The molecule has 0 saturated carbocycles. The first kappa shape index (κ1) is 12.9. The van der Waals surface area contributed by atoms with Gasteiger partial charge in [-0.2, -0.15) is 0 Å². The van der Waals surface area contributed by atoms with Crippen molar-refractivity contribution in [2.24, 2.45) is 0 Å². The molecule has 1 fully saturated rings. The standard InChI is InChI=1S/C10H15N3O.C2H6/c1-8-10(12-5-4-11-8)14-9-3-6-13(2)7-9;1-2/h4-5,9H,3,6-7H2,1-2H3;1-2H3. The molecule has 0 aliphatic carbocycles. The number of nitrogens with zero attached hydrogens (tertiary/aromatic N) is 3. The van der Waals surface area contributed by atoms with Crippen molar-refractivity contribution < 1.29 is 4.74 Å². The molecule has 90 valence electrons. The van der Waals surface area contributed by atoms with Gasteiger partial charge >= 0.3 is 0 Å². The molecule has 1 aliphatic heterocycles. The topological polar surface area (TPSA) is 38.3 Å². The maximum atomic E-state index is 5.76. The largest absolute Gasteiger partial charge is 0.472 e. The van der Waals surface area contributed by atoms with Crippen LogP contribution in [0.1, 0.15) is 26.0 Å². The van der Waals surface area contributed by atoms with Gasteiger partial charge in [0.05, 0.1) is 5.69 Å². The summed E-state index contributed by atoms with van der Waals surface area (Å²) in [4.78, 5) is 10.6. The van der Waals surface area contributed by atoms with Crippen molar-refractivity contribution in [3.05, 3.63) is 18.1 Å². The molecule has 1 aliphatic rings. The predicted octanol–water partition coefficient (Wildman–Crippen LogP) is 1.89. The molecular weight excluding hydrogens is 202 g/mol. The molecule has 0 radical (unpaired) electrons. The Morgan fingerprint density at radius 2 is 2.00 bits per heavy atom. The van der Waals surface area contributed by atoms with Gasteiger partial charge in [-0.25, -0.2) is 4.98 Å². The van der Waals surface area contributed by atoms with E-state index in [-0.39, 0.29) is 6.10 Å². The monoisotopic (exact) mass is 223 g/mol. The van der Waals surface area contributed by atoms with Gasteiger partial charge in [-0.3, -0.25) is 4.98 Å². The van der Waals surface area contributed by atoms with Crippen molar-refractivity contribution in [1.29, 1.82) is 0 Å². The van der Waals surface area contributed by atoms with Crippen LogP contribution in [0.2, 0.25) is 0 Å². The summed E-state index contributed by atoms with van der Waals surface area (Å²) >= 11 is 0. The molecule has 4 nitrogen and oxygen atoms in total. The normalized spacial score (nSPS) is 20.1. The van der Waals surface area contributed by atoms with E-state index in [1.807, 2.05) is 20.8 Å². The van der Waals surface area contributed by atoms with E-state index >= 15 is 0 Å². The number of likely N-dealkylation sites (N-methyl/N-ethyl adjacent to an activating group) is 1. The predicted molar refractivity (Wildman–Crippen MR) is 64.6 cm³/mol. The van der Waals surface area contributed by atoms with Gasteiger partial charge in [0.15, 0.2) is 0 Å². The van der Waals surface area contributed by atoms with E-state index in [1.165, 1.54) is 0 Å². The van der Waals surface area contributed by atoms with Crippen LogP contribution in [0.25, 0.3) is 0 Å². The van der Waals surface area contributed by atoms with Crippen LogP contribution in [0.4, 0.5) is 0 Å². The quantitative estimate of drug-likeness (QED) is 0.767. The highest BCUT2D eigenvalue weighted by Crippen LogP contribution is 2.16. The van der Waals surface area contributed by atoms with Gasteiger partial charge in [0.1, 0.15) is 6.10 Å². The first-order valence-corrected chi connectivity index (χ1v) is 5.88. The lowest BCUT2D eigenvalue weighted by atomic mass is 10.3. The molecule has 1 atom stereocenters. The van der Waals surface area contributed by atoms with E-state index in [9.17, 15) is 0 Å². The second-order valence-electron chi connectivity index (χ2n) is 3.74. The lowest BCUT2D eigenvalue weighted by Crippen LogP contribution is -2.22. The Morgan fingerprint density at radius 3 is 2.56 bits per heavy atom. The third-order valence-electron chi connectivity index (χ3n) is 2.46. The number of hydrogen-bond donors (Lipinski definition) is 0. The number of likely N-dealkylation sites (tertiary alicyclic amines) is 1. The number of rotatable bonds is 2. The highest BCUT2D eigenvalue weighted by molar-refractivity contribution is 5.15. The Kier molecular flexibility index (Phi) is 5.19. The fourth-order valence-corrected chi connectivity index (χ4v) is 1.66. The molecule has 1 saturated heterocycles. The first-order valence-electron chi connectivity index (χ1n) is 5.88. The number of ether oxygens (including phenoxy) is 1.